The van der Waals surface area contributed by atoms with Crippen LogP contribution in [0, 0.1) is 11.8 Å². The van der Waals surface area contributed by atoms with Gasteiger partial charge >= 0.3 is 0 Å². The first-order valence-corrected chi connectivity index (χ1v) is 7.74. The smallest absolute Gasteiger partial charge is 0.155 e. The van der Waals surface area contributed by atoms with Gasteiger partial charge in [-0.15, -0.1) is 0 Å². The Morgan fingerprint density at radius 3 is 2.53 bits per heavy atom. The van der Waals surface area contributed by atoms with E-state index < -0.39 is 0 Å². The molecule has 1 aromatic carbocycles. The van der Waals surface area contributed by atoms with Crippen molar-refractivity contribution in [3.8, 4) is 0 Å². The minimum absolute atomic E-state index is 0.0213. The molecule has 0 aliphatic rings. The molecule has 0 aliphatic carbocycles. The van der Waals surface area contributed by atoms with E-state index in [2.05, 4.69) is 13.8 Å². The summed E-state index contributed by atoms with van der Waals surface area (Å²) in [6.07, 6.45) is 1.39. The van der Waals surface area contributed by atoms with Crippen molar-refractivity contribution >= 4 is 8.46 Å². The van der Waals surface area contributed by atoms with E-state index in [1.54, 1.807) is 0 Å². The molecule has 0 radical (unpaired) electrons. The SMILES string of the molecule is C[C@H]([C@H](C)CCP=O)[C@H](CO)OCc1ccccc1. The van der Waals surface area contributed by atoms with Crippen LogP contribution in [0.15, 0.2) is 30.3 Å². The van der Waals surface area contributed by atoms with E-state index in [0.717, 1.165) is 12.0 Å². The van der Waals surface area contributed by atoms with Gasteiger partial charge in [0, 0.05) is 6.16 Å². The first-order valence-electron chi connectivity index (χ1n) is 6.74. The third-order valence-electron chi connectivity index (χ3n) is 3.65. The third kappa shape index (κ3) is 5.82. The fourth-order valence-electron chi connectivity index (χ4n) is 2.03. The van der Waals surface area contributed by atoms with Crippen LogP contribution in [0.2, 0.25) is 0 Å². The number of ether oxygens (including phenoxy) is 1. The summed E-state index contributed by atoms with van der Waals surface area (Å²) in [5, 5.41) is 9.46. The Hall–Kier alpha value is -0.760. The fraction of sp³-hybridized carbons (Fsp3) is 0.600. The van der Waals surface area contributed by atoms with Crippen molar-refractivity contribution in [3.63, 3.8) is 0 Å². The molecule has 0 saturated heterocycles. The maximum Gasteiger partial charge on any atom is 0.155 e. The lowest BCUT2D eigenvalue weighted by Crippen LogP contribution is -2.30. The molecule has 0 saturated carbocycles. The second-order valence-electron chi connectivity index (χ2n) is 5.00. The van der Waals surface area contributed by atoms with Gasteiger partial charge in [-0.1, -0.05) is 44.2 Å². The van der Waals surface area contributed by atoms with E-state index in [1.165, 1.54) is 0 Å². The molecule has 1 N–H and O–H groups in total. The minimum atomic E-state index is -0.168. The van der Waals surface area contributed by atoms with Crippen molar-refractivity contribution in [1.29, 1.82) is 0 Å². The summed E-state index contributed by atoms with van der Waals surface area (Å²) in [7, 11) is 0.193. The first kappa shape index (κ1) is 16.3. The summed E-state index contributed by atoms with van der Waals surface area (Å²) in [4.78, 5) is 0. The lowest BCUT2D eigenvalue weighted by Gasteiger charge is -2.27. The lowest BCUT2D eigenvalue weighted by molar-refractivity contribution is -0.0414. The summed E-state index contributed by atoms with van der Waals surface area (Å²) in [6.45, 7) is 4.74. The molecule has 4 heteroatoms. The van der Waals surface area contributed by atoms with Crippen molar-refractivity contribution in [3.05, 3.63) is 35.9 Å². The Bertz CT molecular complexity index is 356. The molecule has 0 amide bonds. The summed E-state index contributed by atoms with van der Waals surface area (Å²) in [6, 6.07) is 9.95. The largest absolute Gasteiger partial charge is 0.394 e. The third-order valence-corrected chi connectivity index (χ3v) is 4.09. The van der Waals surface area contributed by atoms with E-state index in [1.807, 2.05) is 30.3 Å². The van der Waals surface area contributed by atoms with Gasteiger partial charge in [0.15, 0.2) is 8.46 Å². The normalized spacial score (nSPS) is 16.2. The molecule has 0 heterocycles. The van der Waals surface area contributed by atoms with E-state index in [9.17, 15) is 9.67 Å². The van der Waals surface area contributed by atoms with Crippen LogP contribution in [0.3, 0.4) is 0 Å². The number of aliphatic hydroxyl groups is 1. The highest BCUT2D eigenvalue weighted by molar-refractivity contribution is 7.23. The Labute approximate surface area is 117 Å². The van der Waals surface area contributed by atoms with Crippen molar-refractivity contribution in [2.24, 2.45) is 11.8 Å². The molecule has 3 atom stereocenters. The molecule has 3 nitrogen and oxygen atoms in total. The predicted molar refractivity (Wildman–Crippen MR) is 77.5 cm³/mol. The summed E-state index contributed by atoms with van der Waals surface area (Å²) in [5.41, 5.74) is 1.11. The number of hydrogen-bond acceptors (Lipinski definition) is 3. The van der Waals surface area contributed by atoms with Crippen molar-refractivity contribution < 1.29 is 14.4 Å². The van der Waals surface area contributed by atoms with Crippen LogP contribution in [0.25, 0.3) is 0 Å². The molecule has 0 aliphatic heterocycles. The number of aliphatic hydroxyl groups excluding tert-OH is 1. The van der Waals surface area contributed by atoms with Crippen molar-refractivity contribution in [1.82, 2.24) is 0 Å². The molecule has 1 rings (SSSR count). The molecule has 0 unspecified atom stereocenters. The second kappa shape index (κ2) is 9.19. The number of hydrogen-bond donors (Lipinski definition) is 1. The predicted octanol–water partition coefficient (Wildman–Crippen LogP) is 3.52. The summed E-state index contributed by atoms with van der Waals surface area (Å²) >= 11 is 0. The molecule has 106 valence electrons. The van der Waals surface area contributed by atoms with Gasteiger partial charge < -0.3 is 9.84 Å². The average molecular weight is 282 g/mol. The van der Waals surface area contributed by atoms with E-state index in [4.69, 9.17) is 4.74 Å². The molecule has 1 aromatic rings. The zero-order valence-corrected chi connectivity index (χ0v) is 12.6. The van der Waals surface area contributed by atoms with Crippen molar-refractivity contribution in [2.75, 3.05) is 12.8 Å². The quantitative estimate of drug-likeness (QED) is 0.705. The van der Waals surface area contributed by atoms with E-state index in [0.29, 0.717) is 18.7 Å². The molecule has 0 spiro atoms. The molecule has 19 heavy (non-hydrogen) atoms. The van der Waals surface area contributed by atoms with Gasteiger partial charge in [0.1, 0.15) is 0 Å². The van der Waals surface area contributed by atoms with Gasteiger partial charge in [-0.3, -0.25) is 4.57 Å². The fourth-order valence-corrected chi connectivity index (χ4v) is 2.55. The molecular formula is C15H23O3P. The Balaban J connectivity index is 2.45. The number of rotatable bonds is 9. The maximum atomic E-state index is 10.5. The van der Waals surface area contributed by atoms with Crippen LogP contribution in [0.4, 0.5) is 0 Å². The average Bonchev–Trinajstić information content (AvgIpc) is 2.46. The van der Waals surface area contributed by atoms with Gasteiger partial charge in [0.25, 0.3) is 0 Å². The van der Waals surface area contributed by atoms with Crippen LogP contribution in [0.5, 0.6) is 0 Å². The second-order valence-corrected chi connectivity index (χ2v) is 5.70. The lowest BCUT2D eigenvalue weighted by atomic mass is 9.89. The maximum absolute atomic E-state index is 10.5. The van der Waals surface area contributed by atoms with Crippen LogP contribution in [0.1, 0.15) is 25.8 Å². The zero-order valence-electron chi connectivity index (χ0n) is 11.7. The standard InChI is InChI=1S/C15H23O3P/c1-12(8-9-19-17)13(2)15(10-16)18-11-14-6-4-3-5-7-14/h3-7,12-13,15-16H,8-11H2,1-2H3/t12-,13-,15+/m1/s1. The first-order chi connectivity index (χ1) is 9.19. The monoisotopic (exact) mass is 282 g/mol. The topological polar surface area (TPSA) is 46.5 Å². The Morgan fingerprint density at radius 2 is 1.95 bits per heavy atom. The van der Waals surface area contributed by atoms with Gasteiger partial charge in [-0.2, -0.15) is 0 Å². The Kier molecular flexibility index (Phi) is 7.88. The number of benzene rings is 1. The molecule has 0 bridgehead atoms. The van der Waals surface area contributed by atoms with E-state index in [-0.39, 0.29) is 27.1 Å². The van der Waals surface area contributed by atoms with E-state index >= 15 is 0 Å². The highest BCUT2D eigenvalue weighted by Crippen LogP contribution is 2.23. The Morgan fingerprint density at radius 1 is 1.26 bits per heavy atom. The van der Waals surface area contributed by atoms with Gasteiger partial charge in [-0.05, 0) is 23.8 Å². The molecule has 0 aromatic heterocycles. The van der Waals surface area contributed by atoms with Crippen LogP contribution < -0.4 is 0 Å². The molecule has 0 fully saturated rings. The summed E-state index contributed by atoms with van der Waals surface area (Å²) in [5.74, 6) is 0.629. The van der Waals surface area contributed by atoms with Crippen LogP contribution in [-0.2, 0) is 15.9 Å². The minimum Gasteiger partial charge on any atom is -0.394 e. The van der Waals surface area contributed by atoms with Crippen molar-refractivity contribution in [2.45, 2.75) is 33.0 Å². The van der Waals surface area contributed by atoms with Crippen LogP contribution in [-0.4, -0.2) is 24.0 Å². The van der Waals surface area contributed by atoms with Gasteiger partial charge in [-0.25, -0.2) is 0 Å². The highest BCUT2D eigenvalue weighted by atomic mass is 31.1. The molecular weight excluding hydrogens is 259 g/mol. The van der Waals surface area contributed by atoms with Crippen LogP contribution >= 0.6 is 8.46 Å². The van der Waals surface area contributed by atoms with Gasteiger partial charge in [0.05, 0.1) is 19.3 Å². The summed E-state index contributed by atoms with van der Waals surface area (Å²) < 4.78 is 16.3. The van der Waals surface area contributed by atoms with Gasteiger partial charge in [0.2, 0.25) is 0 Å². The zero-order chi connectivity index (χ0) is 14.1. The highest BCUT2D eigenvalue weighted by Gasteiger charge is 2.22.